The highest BCUT2D eigenvalue weighted by molar-refractivity contribution is 9.10. The first kappa shape index (κ1) is 11.8. The van der Waals surface area contributed by atoms with Crippen molar-refractivity contribution >= 4 is 22.0 Å². The minimum Gasteiger partial charge on any atom is -0.496 e. The molecular weight excluding hydrogens is 260 g/mol. The molecule has 0 unspecified atom stereocenters. The zero-order chi connectivity index (χ0) is 11.3. The van der Waals surface area contributed by atoms with Crippen molar-refractivity contribution in [2.75, 3.05) is 14.2 Å². The van der Waals surface area contributed by atoms with Gasteiger partial charge >= 0.3 is 6.03 Å². The zero-order valence-corrected chi connectivity index (χ0v) is 10.2. The SMILES string of the molecule is CNC(=O)NCc1cc(Br)ccc1OC. The van der Waals surface area contributed by atoms with E-state index >= 15 is 0 Å². The van der Waals surface area contributed by atoms with Crippen LogP contribution in [0.3, 0.4) is 0 Å². The van der Waals surface area contributed by atoms with E-state index < -0.39 is 0 Å². The number of benzene rings is 1. The normalized spacial score (nSPS) is 9.53. The number of ether oxygens (including phenoxy) is 1. The Balaban J connectivity index is 2.74. The molecule has 1 aromatic carbocycles. The average Bonchev–Trinajstić information content (AvgIpc) is 2.26. The molecule has 1 rings (SSSR count). The molecule has 0 heterocycles. The third-order valence-electron chi connectivity index (χ3n) is 1.91. The van der Waals surface area contributed by atoms with Crippen molar-refractivity contribution in [1.82, 2.24) is 10.6 Å². The summed E-state index contributed by atoms with van der Waals surface area (Å²) in [6.45, 7) is 0.433. The van der Waals surface area contributed by atoms with Gasteiger partial charge in [-0.1, -0.05) is 15.9 Å². The van der Waals surface area contributed by atoms with Crippen LogP contribution >= 0.6 is 15.9 Å². The van der Waals surface area contributed by atoms with Crippen molar-refractivity contribution in [3.63, 3.8) is 0 Å². The number of halogens is 1. The van der Waals surface area contributed by atoms with E-state index in [2.05, 4.69) is 26.6 Å². The highest BCUT2D eigenvalue weighted by Gasteiger charge is 2.04. The molecule has 82 valence electrons. The van der Waals surface area contributed by atoms with E-state index in [1.54, 1.807) is 14.2 Å². The van der Waals surface area contributed by atoms with Gasteiger partial charge in [-0.3, -0.25) is 0 Å². The Kier molecular flexibility index (Phi) is 4.42. The van der Waals surface area contributed by atoms with Gasteiger partial charge in [0.15, 0.2) is 0 Å². The molecule has 0 bridgehead atoms. The third-order valence-corrected chi connectivity index (χ3v) is 2.40. The van der Waals surface area contributed by atoms with Crippen molar-refractivity contribution in [3.05, 3.63) is 28.2 Å². The van der Waals surface area contributed by atoms with E-state index in [9.17, 15) is 4.79 Å². The standard InChI is InChI=1S/C10H13BrN2O2/c1-12-10(14)13-6-7-5-8(11)3-4-9(7)15-2/h3-5H,6H2,1-2H3,(H2,12,13,14). The van der Waals surface area contributed by atoms with E-state index in [1.165, 1.54) is 0 Å². The summed E-state index contributed by atoms with van der Waals surface area (Å²) in [7, 11) is 3.18. The Morgan fingerprint density at radius 1 is 1.53 bits per heavy atom. The number of methoxy groups -OCH3 is 1. The predicted molar refractivity (Wildman–Crippen MR) is 62.0 cm³/mol. The minimum atomic E-state index is -0.211. The Hall–Kier alpha value is -1.23. The summed E-state index contributed by atoms with van der Waals surface area (Å²) in [6.07, 6.45) is 0. The molecule has 0 atom stereocenters. The molecule has 2 amide bonds. The fourth-order valence-corrected chi connectivity index (χ4v) is 1.56. The van der Waals surface area contributed by atoms with Crippen LogP contribution in [0.1, 0.15) is 5.56 Å². The van der Waals surface area contributed by atoms with Gasteiger partial charge in [-0.25, -0.2) is 4.79 Å². The van der Waals surface area contributed by atoms with Crippen LogP contribution in [0.25, 0.3) is 0 Å². The summed E-state index contributed by atoms with van der Waals surface area (Å²) in [5.74, 6) is 0.759. The predicted octanol–water partition coefficient (Wildman–Crippen LogP) is 1.89. The van der Waals surface area contributed by atoms with E-state index in [4.69, 9.17) is 4.74 Å². The van der Waals surface area contributed by atoms with E-state index in [0.717, 1.165) is 15.8 Å². The molecule has 0 radical (unpaired) electrons. The number of amides is 2. The van der Waals surface area contributed by atoms with Gasteiger partial charge in [-0.2, -0.15) is 0 Å². The molecule has 0 saturated heterocycles. The average molecular weight is 273 g/mol. The van der Waals surface area contributed by atoms with Crippen molar-refractivity contribution in [2.24, 2.45) is 0 Å². The molecular formula is C10H13BrN2O2. The lowest BCUT2D eigenvalue weighted by Gasteiger charge is -2.09. The van der Waals surface area contributed by atoms with Gasteiger partial charge < -0.3 is 15.4 Å². The Bertz CT molecular complexity index is 355. The Labute approximate surface area is 97.1 Å². The molecule has 0 aromatic heterocycles. The first-order chi connectivity index (χ1) is 7.17. The molecule has 0 aliphatic rings. The molecule has 15 heavy (non-hydrogen) atoms. The van der Waals surface area contributed by atoms with Crippen LogP contribution in [0, 0.1) is 0 Å². The summed E-state index contributed by atoms with van der Waals surface area (Å²) in [6, 6.07) is 5.44. The number of hydrogen-bond donors (Lipinski definition) is 2. The molecule has 0 saturated carbocycles. The van der Waals surface area contributed by atoms with Gasteiger partial charge in [0, 0.05) is 23.6 Å². The molecule has 0 aliphatic heterocycles. The van der Waals surface area contributed by atoms with Crippen LogP contribution in [-0.2, 0) is 6.54 Å². The van der Waals surface area contributed by atoms with Gasteiger partial charge in [0.05, 0.1) is 7.11 Å². The first-order valence-corrected chi connectivity index (χ1v) is 5.24. The number of nitrogens with one attached hydrogen (secondary N) is 2. The van der Waals surface area contributed by atoms with E-state index in [0.29, 0.717) is 6.54 Å². The summed E-state index contributed by atoms with van der Waals surface area (Å²) in [4.78, 5) is 11.0. The second-order valence-electron chi connectivity index (χ2n) is 2.89. The fourth-order valence-electron chi connectivity index (χ4n) is 1.15. The molecule has 1 aromatic rings. The highest BCUT2D eigenvalue weighted by Crippen LogP contribution is 2.22. The van der Waals surface area contributed by atoms with Crippen molar-refractivity contribution in [2.45, 2.75) is 6.54 Å². The van der Waals surface area contributed by atoms with Gasteiger partial charge in [0.1, 0.15) is 5.75 Å². The molecule has 0 aliphatic carbocycles. The van der Waals surface area contributed by atoms with Gasteiger partial charge in [0.25, 0.3) is 0 Å². The quantitative estimate of drug-likeness (QED) is 0.883. The van der Waals surface area contributed by atoms with Gasteiger partial charge in [-0.05, 0) is 18.2 Å². The van der Waals surface area contributed by atoms with Crippen LogP contribution in [0.4, 0.5) is 4.79 Å². The Morgan fingerprint density at radius 2 is 2.27 bits per heavy atom. The topological polar surface area (TPSA) is 50.4 Å². The maximum atomic E-state index is 11.0. The second-order valence-corrected chi connectivity index (χ2v) is 3.80. The second kappa shape index (κ2) is 5.60. The molecule has 0 fully saturated rings. The van der Waals surface area contributed by atoms with Crippen molar-refractivity contribution < 1.29 is 9.53 Å². The summed E-state index contributed by atoms with van der Waals surface area (Å²) < 4.78 is 6.13. The summed E-state index contributed by atoms with van der Waals surface area (Å²) in [5, 5.41) is 5.18. The van der Waals surface area contributed by atoms with Crippen LogP contribution < -0.4 is 15.4 Å². The molecule has 5 heteroatoms. The van der Waals surface area contributed by atoms with E-state index in [-0.39, 0.29) is 6.03 Å². The first-order valence-electron chi connectivity index (χ1n) is 4.45. The maximum absolute atomic E-state index is 11.0. The number of urea groups is 1. The minimum absolute atomic E-state index is 0.211. The maximum Gasteiger partial charge on any atom is 0.314 e. The lowest BCUT2D eigenvalue weighted by molar-refractivity contribution is 0.242. The number of carbonyl (C=O) groups excluding carboxylic acids is 1. The summed E-state index contributed by atoms with van der Waals surface area (Å²) >= 11 is 3.37. The van der Waals surface area contributed by atoms with Crippen molar-refractivity contribution in [3.8, 4) is 5.75 Å². The smallest absolute Gasteiger partial charge is 0.314 e. The summed E-state index contributed by atoms with van der Waals surface area (Å²) in [5.41, 5.74) is 0.926. The largest absolute Gasteiger partial charge is 0.496 e. The lowest BCUT2D eigenvalue weighted by Crippen LogP contribution is -2.32. The molecule has 4 nitrogen and oxygen atoms in total. The monoisotopic (exact) mass is 272 g/mol. The fraction of sp³-hybridized carbons (Fsp3) is 0.300. The zero-order valence-electron chi connectivity index (χ0n) is 8.63. The van der Waals surface area contributed by atoms with Gasteiger partial charge in [0.2, 0.25) is 0 Å². The van der Waals surface area contributed by atoms with Crippen LogP contribution in [-0.4, -0.2) is 20.2 Å². The van der Waals surface area contributed by atoms with Crippen LogP contribution in [0.15, 0.2) is 22.7 Å². The lowest BCUT2D eigenvalue weighted by atomic mass is 10.2. The number of hydrogen-bond acceptors (Lipinski definition) is 2. The molecule has 0 spiro atoms. The molecule has 2 N–H and O–H groups in total. The number of carbonyl (C=O) groups is 1. The third kappa shape index (κ3) is 3.43. The van der Waals surface area contributed by atoms with Crippen LogP contribution in [0.5, 0.6) is 5.75 Å². The van der Waals surface area contributed by atoms with E-state index in [1.807, 2.05) is 18.2 Å². The van der Waals surface area contributed by atoms with Crippen LogP contribution in [0.2, 0.25) is 0 Å². The Morgan fingerprint density at radius 3 is 2.87 bits per heavy atom. The number of rotatable bonds is 3. The van der Waals surface area contributed by atoms with Gasteiger partial charge in [-0.15, -0.1) is 0 Å². The van der Waals surface area contributed by atoms with Crippen molar-refractivity contribution in [1.29, 1.82) is 0 Å². The highest BCUT2D eigenvalue weighted by atomic mass is 79.9.